The van der Waals surface area contributed by atoms with Crippen LogP contribution in [-0.4, -0.2) is 22.2 Å². The second-order valence-electron chi connectivity index (χ2n) is 6.07. The van der Waals surface area contributed by atoms with Gasteiger partial charge in [0.1, 0.15) is 5.02 Å². The van der Waals surface area contributed by atoms with Crippen LogP contribution in [0.15, 0.2) is 18.2 Å². The van der Waals surface area contributed by atoms with Crippen molar-refractivity contribution in [3.8, 4) is 0 Å². The second-order valence-corrected chi connectivity index (χ2v) is 6.48. The lowest BCUT2D eigenvalue weighted by atomic mass is 9.79. The molecule has 0 saturated heterocycles. The molecule has 116 valence electrons. The number of nitrogens with zero attached hydrogens (tertiary/aromatic N) is 1. The van der Waals surface area contributed by atoms with Crippen molar-refractivity contribution >= 4 is 17.3 Å². The molecule has 0 heterocycles. The summed E-state index contributed by atoms with van der Waals surface area (Å²) in [5.41, 5.74) is 0.0512. The van der Waals surface area contributed by atoms with Crippen LogP contribution in [0, 0.1) is 16.0 Å². The Kier molecular flexibility index (Phi) is 5.19. The van der Waals surface area contributed by atoms with Crippen LogP contribution >= 0.6 is 11.6 Å². The van der Waals surface area contributed by atoms with Crippen LogP contribution < -0.4 is 5.32 Å². The number of rotatable bonds is 5. The van der Waals surface area contributed by atoms with E-state index in [1.54, 1.807) is 6.07 Å². The molecule has 6 heteroatoms. The van der Waals surface area contributed by atoms with Crippen LogP contribution in [0.4, 0.5) is 5.69 Å². The van der Waals surface area contributed by atoms with Crippen molar-refractivity contribution in [3.63, 3.8) is 0 Å². The number of hydrogen-bond donors (Lipinski definition) is 2. The van der Waals surface area contributed by atoms with E-state index in [4.69, 9.17) is 11.6 Å². The molecule has 1 fully saturated rings. The summed E-state index contributed by atoms with van der Waals surface area (Å²) in [6, 6.07) is 4.77. The van der Waals surface area contributed by atoms with Crippen molar-refractivity contribution in [2.24, 2.45) is 5.92 Å². The smallest absolute Gasteiger partial charge is 0.288 e. The van der Waals surface area contributed by atoms with Gasteiger partial charge in [-0.05, 0) is 30.4 Å². The maximum atomic E-state index is 10.8. The van der Waals surface area contributed by atoms with Crippen LogP contribution in [0.5, 0.6) is 0 Å². The Bertz CT molecular complexity index is 524. The SMILES string of the molecule is CC1CCCC(O)(CNCc2ccc(Cl)c([N+](=O)[O-])c2)C1. The zero-order valence-electron chi connectivity index (χ0n) is 12.1. The van der Waals surface area contributed by atoms with E-state index in [0.717, 1.165) is 24.8 Å². The lowest BCUT2D eigenvalue weighted by Gasteiger charge is -2.35. The molecule has 1 aromatic rings. The monoisotopic (exact) mass is 312 g/mol. The van der Waals surface area contributed by atoms with E-state index < -0.39 is 10.5 Å². The minimum absolute atomic E-state index is 0.0824. The lowest BCUT2D eigenvalue weighted by Crippen LogP contribution is -2.43. The fourth-order valence-electron chi connectivity index (χ4n) is 3.04. The summed E-state index contributed by atoms with van der Waals surface area (Å²) < 4.78 is 0. The van der Waals surface area contributed by atoms with Gasteiger partial charge in [0, 0.05) is 19.2 Å². The van der Waals surface area contributed by atoms with Crippen LogP contribution in [0.25, 0.3) is 0 Å². The Morgan fingerprint density at radius 3 is 3.00 bits per heavy atom. The van der Waals surface area contributed by atoms with Gasteiger partial charge in [-0.25, -0.2) is 0 Å². The summed E-state index contributed by atoms with van der Waals surface area (Å²) in [7, 11) is 0. The van der Waals surface area contributed by atoms with Gasteiger partial charge >= 0.3 is 0 Å². The van der Waals surface area contributed by atoms with Crippen molar-refractivity contribution in [1.82, 2.24) is 5.32 Å². The highest BCUT2D eigenvalue weighted by molar-refractivity contribution is 6.32. The largest absolute Gasteiger partial charge is 0.389 e. The summed E-state index contributed by atoms with van der Waals surface area (Å²) in [4.78, 5) is 10.4. The molecule has 2 N–H and O–H groups in total. The zero-order valence-corrected chi connectivity index (χ0v) is 12.9. The van der Waals surface area contributed by atoms with Gasteiger partial charge in [-0.3, -0.25) is 10.1 Å². The van der Waals surface area contributed by atoms with Crippen molar-refractivity contribution in [2.75, 3.05) is 6.54 Å². The van der Waals surface area contributed by atoms with Crippen molar-refractivity contribution < 1.29 is 10.0 Å². The summed E-state index contributed by atoms with van der Waals surface area (Å²) in [5.74, 6) is 0.544. The number of hydrogen-bond acceptors (Lipinski definition) is 4. The Labute approximate surface area is 129 Å². The first-order valence-electron chi connectivity index (χ1n) is 7.25. The minimum atomic E-state index is -0.657. The van der Waals surface area contributed by atoms with Crippen molar-refractivity contribution in [3.05, 3.63) is 38.9 Å². The second kappa shape index (κ2) is 6.73. The molecule has 0 aromatic heterocycles. The fraction of sp³-hybridized carbons (Fsp3) is 0.600. The maximum absolute atomic E-state index is 10.8. The van der Waals surface area contributed by atoms with E-state index in [2.05, 4.69) is 12.2 Å². The third-order valence-corrected chi connectivity index (χ3v) is 4.38. The van der Waals surface area contributed by atoms with E-state index in [0.29, 0.717) is 19.0 Å². The number of nitro benzene ring substituents is 1. The number of nitro groups is 1. The fourth-order valence-corrected chi connectivity index (χ4v) is 3.23. The van der Waals surface area contributed by atoms with Gasteiger partial charge in [0.15, 0.2) is 0 Å². The quantitative estimate of drug-likeness (QED) is 0.646. The Balaban J connectivity index is 1.91. The van der Waals surface area contributed by atoms with Crippen LogP contribution in [0.1, 0.15) is 38.2 Å². The molecule has 5 nitrogen and oxygen atoms in total. The highest BCUT2D eigenvalue weighted by Gasteiger charge is 2.32. The van der Waals surface area contributed by atoms with E-state index in [1.165, 1.54) is 18.6 Å². The number of nitrogens with one attached hydrogen (secondary N) is 1. The van der Waals surface area contributed by atoms with E-state index in [1.807, 2.05) is 0 Å². The van der Waals surface area contributed by atoms with Crippen LogP contribution in [0.2, 0.25) is 5.02 Å². The lowest BCUT2D eigenvalue weighted by molar-refractivity contribution is -0.384. The number of aliphatic hydroxyl groups is 1. The van der Waals surface area contributed by atoms with E-state index >= 15 is 0 Å². The van der Waals surface area contributed by atoms with Gasteiger partial charge in [0.05, 0.1) is 10.5 Å². The molecule has 1 saturated carbocycles. The molecule has 21 heavy (non-hydrogen) atoms. The van der Waals surface area contributed by atoms with Gasteiger partial charge in [-0.1, -0.05) is 37.4 Å². The molecule has 2 rings (SSSR count). The predicted molar refractivity (Wildman–Crippen MR) is 82.4 cm³/mol. The first-order valence-corrected chi connectivity index (χ1v) is 7.63. The summed E-state index contributed by atoms with van der Waals surface area (Å²) in [6.07, 6.45) is 3.84. The normalized spacial score (nSPS) is 25.8. The third-order valence-electron chi connectivity index (χ3n) is 4.06. The van der Waals surface area contributed by atoms with E-state index in [-0.39, 0.29) is 10.7 Å². The van der Waals surface area contributed by atoms with Gasteiger partial charge in [0.2, 0.25) is 0 Å². The minimum Gasteiger partial charge on any atom is -0.389 e. The molecule has 1 aliphatic rings. The molecule has 0 radical (unpaired) electrons. The molecular weight excluding hydrogens is 292 g/mol. The van der Waals surface area contributed by atoms with Gasteiger partial charge in [-0.15, -0.1) is 0 Å². The number of halogens is 1. The third kappa shape index (κ3) is 4.40. The average Bonchev–Trinajstić information content (AvgIpc) is 2.40. The molecule has 0 spiro atoms. The average molecular weight is 313 g/mol. The predicted octanol–water partition coefficient (Wildman–Crippen LogP) is 3.28. The summed E-state index contributed by atoms with van der Waals surface area (Å²) in [6.45, 7) is 3.15. The molecule has 2 unspecified atom stereocenters. The highest BCUT2D eigenvalue weighted by Crippen LogP contribution is 2.31. The molecule has 1 aromatic carbocycles. The molecule has 0 amide bonds. The topological polar surface area (TPSA) is 75.4 Å². The van der Waals surface area contributed by atoms with Crippen molar-refractivity contribution in [1.29, 1.82) is 0 Å². The summed E-state index contributed by atoms with van der Waals surface area (Å²) in [5, 5.41) is 24.7. The maximum Gasteiger partial charge on any atom is 0.288 e. The Morgan fingerprint density at radius 1 is 1.57 bits per heavy atom. The van der Waals surface area contributed by atoms with E-state index in [9.17, 15) is 15.2 Å². The van der Waals surface area contributed by atoms with Gasteiger partial charge in [0.25, 0.3) is 5.69 Å². The van der Waals surface area contributed by atoms with Crippen LogP contribution in [-0.2, 0) is 6.54 Å². The first-order chi connectivity index (χ1) is 9.89. The van der Waals surface area contributed by atoms with Crippen molar-refractivity contribution in [2.45, 2.75) is 44.8 Å². The molecule has 2 atom stereocenters. The number of benzene rings is 1. The molecule has 0 bridgehead atoms. The Morgan fingerprint density at radius 2 is 2.33 bits per heavy atom. The summed E-state index contributed by atoms with van der Waals surface area (Å²) >= 11 is 5.78. The van der Waals surface area contributed by atoms with Gasteiger partial charge in [-0.2, -0.15) is 0 Å². The first kappa shape index (κ1) is 16.2. The molecular formula is C15H21ClN2O3. The Hall–Kier alpha value is -1.17. The standard InChI is InChI=1S/C15H21ClN2O3/c1-11-3-2-6-15(19,8-11)10-17-9-12-4-5-13(16)14(7-12)18(20)21/h4-5,7,11,17,19H,2-3,6,8-10H2,1H3. The molecule has 1 aliphatic carbocycles. The van der Waals surface area contributed by atoms with Crippen LogP contribution in [0.3, 0.4) is 0 Å². The van der Waals surface area contributed by atoms with Gasteiger partial charge < -0.3 is 10.4 Å². The zero-order chi connectivity index (χ0) is 15.5. The molecule has 0 aliphatic heterocycles. The highest BCUT2D eigenvalue weighted by atomic mass is 35.5.